The largest absolute Gasteiger partial charge is 0.458 e. The highest BCUT2D eigenvalue weighted by Crippen LogP contribution is 2.29. The third-order valence-corrected chi connectivity index (χ3v) is 5.06. The first kappa shape index (κ1) is 20.0. The lowest BCUT2D eigenvalue weighted by molar-refractivity contribution is -0.147. The van der Waals surface area contributed by atoms with E-state index in [-0.39, 0.29) is 12.1 Å². The third-order valence-electron chi connectivity index (χ3n) is 4.80. The van der Waals surface area contributed by atoms with Crippen LogP contribution in [0, 0.1) is 0 Å². The van der Waals surface area contributed by atoms with E-state index < -0.39 is 0 Å². The van der Waals surface area contributed by atoms with Gasteiger partial charge in [0.25, 0.3) is 0 Å². The molecular formula is C22H31ClO2. The number of benzene rings is 1. The molecule has 2 nitrogen and oxygen atoms in total. The van der Waals surface area contributed by atoms with Crippen LogP contribution in [0.4, 0.5) is 0 Å². The Labute approximate surface area is 157 Å². The molecule has 1 aromatic carbocycles. The molecule has 0 N–H and O–H groups in total. The number of carbonyl (C=O) groups excluding carboxylic acids is 1. The van der Waals surface area contributed by atoms with Crippen LogP contribution in [0.25, 0.3) is 5.57 Å². The monoisotopic (exact) mass is 362 g/mol. The Morgan fingerprint density at radius 2 is 1.76 bits per heavy atom. The molecule has 0 saturated heterocycles. The van der Waals surface area contributed by atoms with Crippen molar-refractivity contribution < 1.29 is 9.53 Å². The van der Waals surface area contributed by atoms with Crippen molar-refractivity contribution >= 4 is 23.1 Å². The molecule has 2 rings (SSSR count). The van der Waals surface area contributed by atoms with Crippen molar-refractivity contribution in [3.05, 3.63) is 40.9 Å². The number of esters is 1. The molecule has 0 heterocycles. The quantitative estimate of drug-likeness (QED) is 0.332. The van der Waals surface area contributed by atoms with Crippen LogP contribution in [-0.2, 0) is 9.53 Å². The summed E-state index contributed by atoms with van der Waals surface area (Å²) in [6.45, 7) is 2.23. The summed E-state index contributed by atoms with van der Waals surface area (Å²) in [7, 11) is 0. The number of hydrogen-bond donors (Lipinski definition) is 0. The lowest BCUT2D eigenvalue weighted by atomic mass is 9.92. The van der Waals surface area contributed by atoms with Gasteiger partial charge in [-0.3, -0.25) is 4.79 Å². The first-order chi connectivity index (χ1) is 12.2. The van der Waals surface area contributed by atoms with Gasteiger partial charge in [-0.25, -0.2) is 0 Å². The van der Waals surface area contributed by atoms with E-state index in [0.29, 0.717) is 6.42 Å². The molecule has 1 aliphatic carbocycles. The van der Waals surface area contributed by atoms with Gasteiger partial charge in [0.15, 0.2) is 0 Å². The molecule has 138 valence electrons. The summed E-state index contributed by atoms with van der Waals surface area (Å²) in [5.41, 5.74) is 2.44. The van der Waals surface area contributed by atoms with E-state index in [1.165, 1.54) is 43.2 Å². The van der Waals surface area contributed by atoms with Crippen LogP contribution in [0.5, 0.6) is 0 Å². The number of unbranched alkanes of at least 4 members (excludes halogenated alkanes) is 6. The molecule has 25 heavy (non-hydrogen) atoms. The van der Waals surface area contributed by atoms with E-state index in [2.05, 4.69) is 13.0 Å². The molecule has 0 unspecified atom stereocenters. The lowest BCUT2D eigenvalue weighted by Crippen LogP contribution is -2.19. The predicted molar refractivity (Wildman–Crippen MR) is 106 cm³/mol. The highest BCUT2D eigenvalue weighted by molar-refractivity contribution is 6.30. The standard InChI is InChI=1S/C22H31ClO2/c1-2-3-4-5-6-7-8-12-22(24)25-21-11-9-10-19(17-21)18-13-15-20(23)16-14-18/h13-17,21H,2-12H2,1H3/t21-/m1/s1. The number of ether oxygens (including phenoxy) is 1. The second-order valence-electron chi connectivity index (χ2n) is 6.99. The number of rotatable bonds is 10. The summed E-state index contributed by atoms with van der Waals surface area (Å²) in [6.07, 6.45) is 14.2. The second kappa shape index (κ2) is 11.4. The molecular weight excluding hydrogens is 332 g/mol. The molecule has 3 heteroatoms. The van der Waals surface area contributed by atoms with Crippen LogP contribution in [0.3, 0.4) is 0 Å². The first-order valence-electron chi connectivity index (χ1n) is 9.85. The van der Waals surface area contributed by atoms with Gasteiger partial charge < -0.3 is 4.74 Å². The topological polar surface area (TPSA) is 26.3 Å². The minimum Gasteiger partial charge on any atom is -0.458 e. The Hall–Kier alpha value is -1.28. The van der Waals surface area contributed by atoms with Crippen molar-refractivity contribution in [2.75, 3.05) is 0 Å². The van der Waals surface area contributed by atoms with Crippen LogP contribution in [0.1, 0.15) is 83.1 Å². The Morgan fingerprint density at radius 3 is 2.48 bits per heavy atom. The molecule has 0 aromatic heterocycles. The first-order valence-corrected chi connectivity index (χ1v) is 10.2. The maximum atomic E-state index is 12.1. The van der Waals surface area contributed by atoms with E-state index in [1.54, 1.807) is 0 Å². The van der Waals surface area contributed by atoms with E-state index in [1.807, 2.05) is 24.3 Å². The third kappa shape index (κ3) is 7.64. The summed E-state index contributed by atoms with van der Waals surface area (Å²) in [5, 5.41) is 0.748. The van der Waals surface area contributed by atoms with Gasteiger partial charge in [-0.2, -0.15) is 0 Å². The number of hydrogen-bond acceptors (Lipinski definition) is 2. The minimum absolute atomic E-state index is 0.0489. The van der Waals surface area contributed by atoms with Crippen LogP contribution in [0.15, 0.2) is 30.3 Å². The van der Waals surface area contributed by atoms with Crippen molar-refractivity contribution in [2.45, 2.75) is 83.7 Å². The highest BCUT2D eigenvalue weighted by Gasteiger charge is 2.18. The smallest absolute Gasteiger partial charge is 0.306 e. The van der Waals surface area contributed by atoms with Crippen LogP contribution < -0.4 is 0 Å². The zero-order chi connectivity index (χ0) is 17.9. The van der Waals surface area contributed by atoms with Crippen LogP contribution >= 0.6 is 11.6 Å². The summed E-state index contributed by atoms with van der Waals surface area (Å²) in [5.74, 6) is -0.0489. The maximum Gasteiger partial charge on any atom is 0.306 e. The van der Waals surface area contributed by atoms with Gasteiger partial charge in [-0.15, -0.1) is 0 Å². The van der Waals surface area contributed by atoms with Crippen molar-refractivity contribution in [1.29, 1.82) is 0 Å². The molecule has 0 amide bonds. The number of carbonyl (C=O) groups is 1. The van der Waals surface area contributed by atoms with E-state index in [4.69, 9.17) is 16.3 Å². The van der Waals surface area contributed by atoms with Crippen molar-refractivity contribution in [3.63, 3.8) is 0 Å². The van der Waals surface area contributed by atoms with E-state index in [0.717, 1.165) is 37.1 Å². The normalized spacial score (nSPS) is 17.2. The summed E-state index contributed by atoms with van der Waals surface area (Å²) < 4.78 is 5.67. The van der Waals surface area contributed by atoms with Gasteiger partial charge in [0.05, 0.1) is 0 Å². The highest BCUT2D eigenvalue weighted by atomic mass is 35.5. The van der Waals surface area contributed by atoms with Gasteiger partial charge in [0.2, 0.25) is 0 Å². The molecule has 0 radical (unpaired) electrons. The van der Waals surface area contributed by atoms with E-state index in [9.17, 15) is 4.79 Å². The molecule has 1 atom stereocenters. The Morgan fingerprint density at radius 1 is 1.08 bits per heavy atom. The Balaban J connectivity index is 1.71. The summed E-state index contributed by atoms with van der Waals surface area (Å²) >= 11 is 5.96. The number of halogens is 1. The predicted octanol–water partition coefficient (Wildman–Crippen LogP) is 6.96. The Kier molecular flexibility index (Phi) is 9.10. The zero-order valence-corrected chi connectivity index (χ0v) is 16.2. The fraction of sp³-hybridized carbons (Fsp3) is 0.591. The van der Waals surface area contributed by atoms with Gasteiger partial charge in [-0.05, 0) is 55.0 Å². The fourth-order valence-corrected chi connectivity index (χ4v) is 3.46. The van der Waals surface area contributed by atoms with Gasteiger partial charge in [0, 0.05) is 11.4 Å². The summed E-state index contributed by atoms with van der Waals surface area (Å²) in [6, 6.07) is 7.90. The molecule has 0 bridgehead atoms. The molecule has 1 aliphatic rings. The van der Waals surface area contributed by atoms with Crippen molar-refractivity contribution in [1.82, 2.24) is 0 Å². The van der Waals surface area contributed by atoms with Crippen LogP contribution in [0.2, 0.25) is 5.02 Å². The lowest BCUT2D eigenvalue weighted by Gasteiger charge is -2.22. The average molecular weight is 363 g/mol. The van der Waals surface area contributed by atoms with Gasteiger partial charge >= 0.3 is 5.97 Å². The fourth-order valence-electron chi connectivity index (χ4n) is 3.34. The minimum atomic E-state index is -0.0727. The van der Waals surface area contributed by atoms with Gasteiger partial charge in [0.1, 0.15) is 6.10 Å². The number of allylic oxidation sites excluding steroid dienone is 1. The van der Waals surface area contributed by atoms with E-state index >= 15 is 0 Å². The van der Waals surface area contributed by atoms with Crippen LogP contribution in [-0.4, -0.2) is 12.1 Å². The maximum absolute atomic E-state index is 12.1. The second-order valence-corrected chi connectivity index (χ2v) is 7.43. The molecule has 0 fully saturated rings. The Bertz CT molecular complexity index is 548. The van der Waals surface area contributed by atoms with Gasteiger partial charge in [-0.1, -0.05) is 69.2 Å². The molecule has 0 saturated carbocycles. The molecule has 1 aromatic rings. The van der Waals surface area contributed by atoms with Crippen molar-refractivity contribution in [3.8, 4) is 0 Å². The molecule has 0 spiro atoms. The summed E-state index contributed by atoms with van der Waals surface area (Å²) in [4.78, 5) is 12.1. The average Bonchev–Trinajstić information content (AvgIpc) is 2.62. The van der Waals surface area contributed by atoms with Crippen molar-refractivity contribution in [2.24, 2.45) is 0 Å². The SMILES string of the molecule is CCCCCCCCCC(=O)O[C@H]1C=C(c2ccc(Cl)cc2)CCC1. The zero-order valence-electron chi connectivity index (χ0n) is 15.4. The molecule has 0 aliphatic heterocycles.